The van der Waals surface area contributed by atoms with Gasteiger partial charge in [-0.05, 0) is 73.9 Å². The molecule has 0 aliphatic carbocycles. The van der Waals surface area contributed by atoms with E-state index < -0.39 is 65.8 Å². The molecule has 0 bridgehead atoms. The van der Waals surface area contributed by atoms with Gasteiger partial charge in [0.05, 0.1) is 29.8 Å². The quantitative estimate of drug-likeness (QED) is 0.316. The van der Waals surface area contributed by atoms with Crippen molar-refractivity contribution in [3.8, 4) is 0 Å². The predicted octanol–water partition coefficient (Wildman–Crippen LogP) is 1.91. The summed E-state index contributed by atoms with van der Waals surface area (Å²) in [4.78, 5) is 15.2. The molecular weight excluding hydrogens is 516 g/mol. The number of hydrogen-bond acceptors (Lipinski definition) is 10. The Labute approximate surface area is 241 Å². The number of carbonyl (C=O) groups excluding carboxylic acids is 1. The standard InChI is InChI=1S/C30H58N2O8/c1-12-23-30(9,37)25(34)21(7)32(11)15-16(2)14-29(8,36)26(19(5)24(33)20(6)27(35)39-23)40-28-18(4)22(31-10)13-17(3)38-28/h16-26,28,31,33-34,36-37H,12-15H2,1-11H3/t16-,17-,18-,19+,20-,21-,22+,23-,24+,25-,26-,28+,29-,30-/m1/s1. The van der Waals surface area contributed by atoms with Gasteiger partial charge in [0.2, 0.25) is 0 Å². The molecule has 10 heteroatoms. The summed E-state index contributed by atoms with van der Waals surface area (Å²) in [5.74, 6) is -2.38. The second-order valence-corrected chi connectivity index (χ2v) is 13.4. The molecule has 0 radical (unpaired) electrons. The molecule has 0 aromatic carbocycles. The summed E-state index contributed by atoms with van der Waals surface area (Å²) >= 11 is 0. The predicted molar refractivity (Wildman–Crippen MR) is 153 cm³/mol. The smallest absolute Gasteiger partial charge is 0.311 e. The number of nitrogens with zero attached hydrogens (tertiary/aromatic N) is 1. The van der Waals surface area contributed by atoms with Crippen LogP contribution >= 0.6 is 0 Å². The SMILES string of the molecule is CC[C@H]1OC(=O)[C@H](C)[C@@H](O)[C@H](C)[C@@H](O[C@@H]2O[C@H](C)C[C@H](NC)[C@H]2C)[C@](C)(O)C[C@@H](C)CN(C)[C@H](C)[C@@H](O)[C@]1(C)O. The third-order valence-electron chi connectivity index (χ3n) is 9.57. The third kappa shape index (κ3) is 7.95. The van der Waals surface area contributed by atoms with Crippen molar-refractivity contribution in [1.29, 1.82) is 0 Å². The Bertz CT molecular complexity index is 811. The molecule has 2 fully saturated rings. The van der Waals surface area contributed by atoms with E-state index in [2.05, 4.69) is 5.32 Å². The fraction of sp³-hybridized carbons (Fsp3) is 0.967. The number of rotatable bonds is 4. The number of hydrogen-bond donors (Lipinski definition) is 5. The van der Waals surface area contributed by atoms with Crippen LogP contribution in [0.2, 0.25) is 0 Å². The number of aliphatic hydroxyl groups excluding tert-OH is 2. The van der Waals surface area contributed by atoms with Gasteiger partial charge in [-0.3, -0.25) is 4.79 Å². The Morgan fingerprint density at radius 2 is 1.68 bits per heavy atom. The van der Waals surface area contributed by atoms with Crippen molar-refractivity contribution in [2.75, 3.05) is 20.6 Å². The third-order valence-corrected chi connectivity index (χ3v) is 9.57. The molecule has 5 N–H and O–H groups in total. The normalized spacial score (nSPS) is 49.1. The number of cyclic esters (lactones) is 1. The van der Waals surface area contributed by atoms with Crippen LogP contribution < -0.4 is 5.32 Å². The van der Waals surface area contributed by atoms with Gasteiger partial charge in [-0.15, -0.1) is 0 Å². The topological polar surface area (TPSA) is 141 Å². The van der Waals surface area contributed by atoms with Gasteiger partial charge in [0.25, 0.3) is 0 Å². The molecular formula is C30H58N2O8. The van der Waals surface area contributed by atoms with E-state index in [9.17, 15) is 25.2 Å². The van der Waals surface area contributed by atoms with E-state index in [4.69, 9.17) is 14.2 Å². The van der Waals surface area contributed by atoms with Crippen molar-refractivity contribution in [2.45, 2.75) is 142 Å². The molecule has 0 unspecified atom stereocenters. The van der Waals surface area contributed by atoms with Crippen molar-refractivity contribution >= 4 is 5.97 Å². The van der Waals surface area contributed by atoms with Crippen LogP contribution in [0.3, 0.4) is 0 Å². The zero-order valence-corrected chi connectivity index (χ0v) is 26.6. The van der Waals surface area contributed by atoms with E-state index in [0.29, 0.717) is 13.0 Å². The maximum absolute atomic E-state index is 13.3. The van der Waals surface area contributed by atoms with Crippen molar-refractivity contribution in [2.24, 2.45) is 23.7 Å². The fourth-order valence-electron chi connectivity index (χ4n) is 6.79. The molecule has 0 aromatic rings. The molecule has 10 nitrogen and oxygen atoms in total. The molecule has 2 rings (SSSR count). The molecule has 0 saturated carbocycles. The van der Waals surface area contributed by atoms with Crippen LogP contribution in [0.15, 0.2) is 0 Å². The van der Waals surface area contributed by atoms with Crippen LogP contribution in [-0.2, 0) is 19.0 Å². The number of likely N-dealkylation sites (N-methyl/N-ethyl adjacent to an activating group) is 1. The average Bonchev–Trinajstić information content (AvgIpc) is 2.88. The average molecular weight is 575 g/mol. The van der Waals surface area contributed by atoms with Gasteiger partial charge < -0.3 is 44.9 Å². The Morgan fingerprint density at radius 1 is 1.07 bits per heavy atom. The highest BCUT2D eigenvalue weighted by Crippen LogP contribution is 2.37. The lowest BCUT2D eigenvalue weighted by Crippen LogP contribution is -2.59. The largest absolute Gasteiger partial charge is 0.459 e. The molecule has 2 aliphatic rings. The van der Waals surface area contributed by atoms with Gasteiger partial charge in [0, 0.05) is 30.5 Å². The molecule has 40 heavy (non-hydrogen) atoms. The fourth-order valence-corrected chi connectivity index (χ4v) is 6.79. The first-order valence-corrected chi connectivity index (χ1v) is 15.1. The van der Waals surface area contributed by atoms with E-state index in [1.165, 1.54) is 6.92 Å². The molecule has 14 atom stereocenters. The van der Waals surface area contributed by atoms with Crippen LogP contribution in [0.25, 0.3) is 0 Å². The molecule has 0 aromatic heterocycles. The summed E-state index contributed by atoms with van der Waals surface area (Å²) in [7, 11) is 3.77. The first-order valence-electron chi connectivity index (χ1n) is 15.1. The summed E-state index contributed by atoms with van der Waals surface area (Å²) in [6.45, 7) is 16.7. The number of nitrogens with one attached hydrogen (secondary N) is 1. The van der Waals surface area contributed by atoms with Gasteiger partial charge in [-0.1, -0.05) is 27.7 Å². The number of esters is 1. The Morgan fingerprint density at radius 3 is 2.23 bits per heavy atom. The highest BCUT2D eigenvalue weighted by molar-refractivity contribution is 5.73. The lowest BCUT2D eigenvalue weighted by atomic mass is 9.78. The highest BCUT2D eigenvalue weighted by atomic mass is 16.7. The van der Waals surface area contributed by atoms with Crippen molar-refractivity contribution in [3.63, 3.8) is 0 Å². The molecule has 2 heterocycles. The maximum Gasteiger partial charge on any atom is 0.311 e. The van der Waals surface area contributed by atoms with E-state index >= 15 is 0 Å². The minimum absolute atomic E-state index is 0.0150. The van der Waals surface area contributed by atoms with E-state index in [1.807, 2.05) is 46.7 Å². The number of aliphatic hydroxyl groups is 4. The zero-order valence-electron chi connectivity index (χ0n) is 26.6. The molecule has 2 aliphatic heterocycles. The number of carbonyl (C=O) groups is 1. The van der Waals surface area contributed by atoms with Gasteiger partial charge in [0.15, 0.2) is 6.29 Å². The lowest BCUT2D eigenvalue weighted by molar-refractivity contribution is -0.280. The van der Waals surface area contributed by atoms with Gasteiger partial charge >= 0.3 is 5.97 Å². The van der Waals surface area contributed by atoms with Crippen molar-refractivity contribution < 1.29 is 39.4 Å². The summed E-state index contributed by atoms with van der Waals surface area (Å²) in [6, 6.07) is -0.305. The summed E-state index contributed by atoms with van der Waals surface area (Å²) in [5.41, 5.74) is -3.10. The minimum Gasteiger partial charge on any atom is -0.459 e. The second kappa shape index (κ2) is 14.1. The monoisotopic (exact) mass is 574 g/mol. The second-order valence-electron chi connectivity index (χ2n) is 13.4. The maximum atomic E-state index is 13.3. The zero-order chi connectivity index (χ0) is 30.7. The van der Waals surface area contributed by atoms with Crippen molar-refractivity contribution in [3.05, 3.63) is 0 Å². The van der Waals surface area contributed by atoms with Crippen LogP contribution in [0, 0.1) is 23.7 Å². The molecule has 0 amide bonds. The number of ether oxygens (including phenoxy) is 3. The van der Waals surface area contributed by atoms with E-state index in [1.54, 1.807) is 27.7 Å². The van der Waals surface area contributed by atoms with Crippen LogP contribution in [0.4, 0.5) is 0 Å². The summed E-state index contributed by atoms with van der Waals surface area (Å²) < 4.78 is 18.5. The van der Waals surface area contributed by atoms with E-state index in [-0.39, 0.29) is 30.4 Å². The molecule has 2 saturated heterocycles. The van der Waals surface area contributed by atoms with Crippen LogP contribution in [0.1, 0.15) is 81.6 Å². The van der Waals surface area contributed by atoms with Gasteiger partial charge in [-0.2, -0.15) is 0 Å². The summed E-state index contributed by atoms with van der Waals surface area (Å²) in [6.07, 6.45) is -3.50. The lowest BCUT2D eigenvalue weighted by Gasteiger charge is -2.46. The Balaban J connectivity index is 2.51. The first kappa shape index (κ1) is 35.3. The van der Waals surface area contributed by atoms with Crippen LogP contribution in [-0.4, -0.2) is 112 Å². The summed E-state index contributed by atoms with van der Waals surface area (Å²) in [5, 5.41) is 49.3. The Hall–Kier alpha value is -0.850. The first-order chi connectivity index (χ1) is 18.4. The van der Waals surface area contributed by atoms with Gasteiger partial charge in [-0.25, -0.2) is 0 Å². The van der Waals surface area contributed by atoms with Crippen molar-refractivity contribution in [1.82, 2.24) is 10.2 Å². The Kier molecular flexibility index (Phi) is 12.4. The van der Waals surface area contributed by atoms with E-state index in [0.717, 1.165) is 6.42 Å². The van der Waals surface area contributed by atoms with Crippen LogP contribution in [0.5, 0.6) is 0 Å². The minimum atomic E-state index is -1.72. The molecule has 236 valence electrons. The highest BCUT2D eigenvalue weighted by Gasteiger charge is 2.49. The molecule has 0 spiro atoms. The van der Waals surface area contributed by atoms with Gasteiger partial charge in [0.1, 0.15) is 17.8 Å².